The van der Waals surface area contributed by atoms with E-state index in [1.807, 2.05) is 57.2 Å². The van der Waals surface area contributed by atoms with Gasteiger partial charge in [-0.05, 0) is 71.0 Å². The lowest BCUT2D eigenvalue weighted by molar-refractivity contribution is 0.528. The summed E-state index contributed by atoms with van der Waals surface area (Å²) in [5, 5.41) is 11.9. The Kier molecular flexibility index (Phi) is 5.91. The molecule has 3 heterocycles. The van der Waals surface area contributed by atoms with Gasteiger partial charge in [-0.3, -0.25) is 4.98 Å². The molecule has 7 rings (SSSR count). The molecule has 0 atom stereocenters. The Hall–Kier alpha value is -4.45. The molecular weight excluding hydrogens is 549 g/mol. The second kappa shape index (κ2) is 9.27. The fourth-order valence-corrected chi connectivity index (χ4v) is 8.79. The first kappa shape index (κ1) is 27.4. The Morgan fingerprint density at radius 1 is 0.953 bits per heavy atom. The van der Waals surface area contributed by atoms with E-state index in [0.717, 1.165) is 21.9 Å². The minimum Gasteiger partial charge on any atom is -0.455 e. The second-order valence-electron chi connectivity index (χ2n) is 12.3. The number of para-hydroxylation sites is 1. The van der Waals surface area contributed by atoms with Crippen molar-refractivity contribution in [2.24, 2.45) is 0 Å². The standard InChI is InChI=1S/C36H25B2FN2OS/c1-36(2,3)29-30(37)32(41-35(38)31(29)39)25-11-8-10-23-24-16-14-20(18-40)28(34(24)42-33(23)25)19-13-15-22-21-9-6-7-12-26(21)43(4,5)27(22)17-19/h6,8-11,13-17H,1-5H3. The molecule has 0 N–H and O–H groups in total. The average molecular weight is 574 g/mol. The van der Waals surface area contributed by atoms with Crippen molar-refractivity contribution in [2.45, 2.75) is 36.0 Å². The summed E-state index contributed by atoms with van der Waals surface area (Å²) in [6.45, 7) is 5.66. The average Bonchev–Trinajstić information content (AvgIpc) is 3.46. The summed E-state index contributed by atoms with van der Waals surface area (Å²) in [6.07, 6.45) is 4.53. The van der Waals surface area contributed by atoms with Gasteiger partial charge in [0, 0.05) is 38.0 Å². The normalized spacial score (nSPS) is 14.3. The zero-order chi connectivity index (χ0) is 30.4. The molecule has 1 aliphatic heterocycles. The Labute approximate surface area is 254 Å². The summed E-state index contributed by atoms with van der Waals surface area (Å²) in [6, 6.07) is 28.7. The molecule has 4 radical (unpaired) electrons. The molecule has 0 bridgehead atoms. The Bertz CT molecular complexity index is 2200. The first-order chi connectivity index (χ1) is 20.4. The largest absolute Gasteiger partial charge is 0.455 e. The first-order valence-corrected chi connectivity index (χ1v) is 16.3. The van der Waals surface area contributed by atoms with Crippen molar-refractivity contribution in [1.29, 1.82) is 5.26 Å². The molecule has 0 aliphatic carbocycles. The van der Waals surface area contributed by atoms with Gasteiger partial charge in [0.1, 0.15) is 32.7 Å². The van der Waals surface area contributed by atoms with Gasteiger partial charge in [-0.2, -0.15) is 15.3 Å². The molecule has 204 valence electrons. The van der Waals surface area contributed by atoms with Crippen LogP contribution in [-0.2, 0) is 5.41 Å². The van der Waals surface area contributed by atoms with E-state index in [1.165, 1.54) is 20.9 Å². The predicted molar refractivity (Wildman–Crippen MR) is 176 cm³/mol. The van der Waals surface area contributed by atoms with Crippen molar-refractivity contribution < 1.29 is 8.81 Å². The van der Waals surface area contributed by atoms with E-state index in [9.17, 15) is 5.26 Å². The van der Waals surface area contributed by atoms with E-state index in [0.29, 0.717) is 33.6 Å². The molecule has 0 fully saturated rings. The third-order valence-electron chi connectivity index (χ3n) is 8.38. The smallest absolute Gasteiger partial charge is 0.145 e. The van der Waals surface area contributed by atoms with Gasteiger partial charge in [-0.1, -0.05) is 62.6 Å². The third kappa shape index (κ3) is 3.88. The topological polar surface area (TPSA) is 49.8 Å². The van der Waals surface area contributed by atoms with Crippen LogP contribution in [0.3, 0.4) is 0 Å². The summed E-state index contributed by atoms with van der Waals surface area (Å²) in [5.41, 5.74) is 6.34. The number of aromatic nitrogens is 1. The highest BCUT2D eigenvalue weighted by Gasteiger charge is 2.33. The van der Waals surface area contributed by atoms with Gasteiger partial charge in [-0.15, -0.1) is 0 Å². The van der Waals surface area contributed by atoms with Crippen LogP contribution in [0.4, 0.5) is 4.39 Å². The van der Waals surface area contributed by atoms with Crippen LogP contribution in [0.15, 0.2) is 74.9 Å². The van der Waals surface area contributed by atoms with Crippen LogP contribution in [0.25, 0.3) is 55.4 Å². The second-order valence-corrected chi connectivity index (χ2v) is 15.8. The lowest BCUT2D eigenvalue weighted by Crippen LogP contribution is -2.34. The van der Waals surface area contributed by atoms with Crippen LogP contribution in [0, 0.1) is 29.3 Å². The molecule has 7 heteroatoms. The van der Waals surface area contributed by atoms with Crippen LogP contribution in [0.5, 0.6) is 0 Å². The van der Waals surface area contributed by atoms with Crippen LogP contribution in [0.1, 0.15) is 31.9 Å². The van der Waals surface area contributed by atoms with Gasteiger partial charge < -0.3 is 4.42 Å². The summed E-state index contributed by atoms with van der Waals surface area (Å²) in [7, 11) is 11.3. The molecule has 6 aromatic rings. The van der Waals surface area contributed by atoms with Gasteiger partial charge in [0.25, 0.3) is 0 Å². The number of furan rings is 1. The Morgan fingerprint density at radius 2 is 1.72 bits per heavy atom. The first-order valence-electron chi connectivity index (χ1n) is 13.9. The van der Waals surface area contributed by atoms with E-state index < -0.39 is 21.3 Å². The monoisotopic (exact) mass is 574 g/mol. The van der Waals surface area contributed by atoms with E-state index in [1.54, 1.807) is 0 Å². The number of hydrogen-bond acceptors (Lipinski definition) is 3. The van der Waals surface area contributed by atoms with Crippen molar-refractivity contribution >= 4 is 58.7 Å². The van der Waals surface area contributed by atoms with Crippen LogP contribution in [0.2, 0.25) is 0 Å². The maximum atomic E-state index is 15.2. The quantitative estimate of drug-likeness (QED) is 0.205. The van der Waals surface area contributed by atoms with E-state index in [-0.39, 0.29) is 11.1 Å². The van der Waals surface area contributed by atoms with Gasteiger partial charge in [0.05, 0.1) is 22.2 Å². The Morgan fingerprint density at radius 3 is 2.47 bits per heavy atom. The molecule has 0 saturated carbocycles. The maximum Gasteiger partial charge on any atom is 0.145 e. The zero-order valence-electron chi connectivity index (χ0n) is 24.5. The molecule has 4 aromatic carbocycles. The molecule has 1 aliphatic rings. The molecule has 0 spiro atoms. The van der Waals surface area contributed by atoms with Crippen LogP contribution < -0.4 is 11.1 Å². The van der Waals surface area contributed by atoms with Crippen molar-refractivity contribution in [1.82, 2.24) is 4.98 Å². The van der Waals surface area contributed by atoms with Crippen molar-refractivity contribution in [3.8, 4) is 39.6 Å². The molecule has 2 aromatic heterocycles. The minimum atomic E-state index is -1.33. The highest BCUT2D eigenvalue weighted by atomic mass is 32.3. The summed E-state index contributed by atoms with van der Waals surface area (Å²) >= 11 is 0. The lowest BCUT2D eigenvalue weighted by atomic mass is 9.74. The third-order valence-corrected chi connectivity index (χ3v) is 11.2. The Balaban J connectivity index is 1.50. The molecule has 43 heavy (non-hydrogen) atoms. The summed E-state index contributed by atoms with van der Waals surface area (Å²) < 4.78 is 21.8. The van der Waals surface area contributed by atoms with Gasteiger partial charge in [0.2, 0.25) is 0 Å². The zero-order valence-corrected chi connectivity index (χ0v) is 25.3. The molecular formula is C36H25B2FN2OS. The van der Waals surface area contributed by atoms with Crippen molar-refractivity contribution in [3.05, 3.63) is 89.7 Å². The fraction of sp³-hybridized carbons (Fsp3) is 0.167. The van der Waals surface area contributed by atoms with Crippen molar-refractivity contribution in [2.75, 3.05) is 12.5 Å². The molecule has 0 amide bonds. The van der Waals surface area contributed by atoms with Crippen LogP contribution >= 0.6 is 10.0 Å². The van der Waals surface area contributed by atoms with E-state index in [2.05, 4.69) is 60.0 Å². The number of hydrogen-bond donors (Lipinski definition) is 0. The number of fused-ring (bicyclic) bond motifs is 6. The predicted octanol–water partition coefficient (Wildman–Crippen LogP) is 7.27. The summed E-state index contributed by atoms with van der Waals surface area (Å²) in [4.78, 5) is 6.81. The number of nitriles is 1. The summed E-state index contributed by atoms with van der Waals surface area (Å²) in [5.74, 6) is -0.606. The fourth-order valence-electron chi connectivity index (χ4n) is 6.38. The maximum absolute atomic E-state index is 15.2. The lowest BCUT2D eigenvalue weighted by Gasteiger charge is -2.27. The molecule has 0 saturated heterocycles. The highest BCUT2D eigenvalue weighted by molar-refractivity contribution is 8.33. The number of rotatable bonds is 2. The van der Waals surface area contributed by atoms with Gasteiger partial charge in [-0.25, -0.2) is 4.39 Å². The SMILES string of the molecule is [B]c1nc(-c2cccc3c2oc2c(-c4ccc5c(c4)S(C)(C)c4c#cccc4-5)c(C#N)ccc23)c([B])c(C(C)(C)C)c1F. The minimum absolute atomic E-state index is 0.214. The highest BCUT2D eigenvalue weighted by Crippen LogP contribution is 2.67. The van der Waals surface area contributed by atoms with Gasteiger partial charge >= 0.3 is 0 Å². The van der Waals surface area contributed by atoms with Crippen LogP contribution in [-0.4, -0.2) is 33.2 Å². The van der Waals surface area contributed by atoms with E-state index in [4.69, 9.17) is 20.1 Å². The number of halogens is 1. The number of benzene rings is 3. The molecule has 0 unspecified atom stereocenters. The van der Waals surface area contributed by atoms with Crippen molar-refractivity contribution in [3.63, 3.8) is 0 Å². The number of nitrogens with zero attached hydrogens (tertiary/aromatic N) is 2. The number of pyridine rings is 1. The molecule has 3 nitrogen and oxygen atoms in total. The van der Waals surface area contributed by atoms with E-state index >= 15 is 4.39 Å². The van der Waals surface area contributed by atoms with Gasteiger partial charge in [0.15, 0.2) is 0 Å².